The average molecular weight is 274 g/mol. The van der Waals surface area contributed by atoms with Gasteiger partial charge in [-0.05, 0) is 37.9 Å². The molecule has 0 aromatic carbocycles. The maximum Gasteiger partial charge on any atom is 0.137 e. The summed E-state index contributed by atoms with van der Waals surface area (Å²) in [6.07, 6.45) is 6.98. The second-order valence-electron chi connectivity index (χ2n) is 6.05. The van der Waals surface area contributed by atoms with Crippen molar-refractivity contribution in [2.75, 3.05) is 20.1 Å². The van der Waals surface area contributed by atoms with Crippen LogP contribution in [0.1, 0.15) is 38.3 Å². The number of aromatic nitrogens is 1. The highest BCUT2D eigenvalue weighted by Gasteiger charge is 2.28. The van der Waals surface area contributed by atoms with E-state index in [2.05, 4.69) is 29.9 Å². The van der Waals surface area contributed by atoms with E-state index in [1.807, 2.05) is 18.3 Å². The fourth-order valence-electron chi connectivity index (χ4n) is 3.07. The van der Waals surface area contributed by atoms with Gasteiger partial charge in [-0.15, -0.1) is 0 Å². The Morgan fingerprint density at radius 3 is 2.95 bits per heavy atom. The maximum atomic E-state index is 12.0. The van der Waals surface area contributed by atoms with Crippen molar-refractivity contribution in [3.63, 3.8) is 0 Å². The monoisotopic (exact) mass is 274 g/mol. The minimum absolute atomic E-state index is 0.252. The van der Waals surface area contributed by atoms with Crippen LogP contribution in [-0.2, 0) is 11.2 Å². The first-order valence-electron chi connectivity index (χ1n) is 7.80. The summed E-state index contributed by atoms with van der Waals surface area (Å²) in [5, 5.41) is 0. The number of hydrogen-bond donors (Lipinski definition) is 0. The normalized spacial score (nSPS) is 23.2. The summed E-state index contributed by atoms with van der Waals surface area (Å²) >= 11 is 0. The van der Waals surface area contributed by atoms with Crippen LogP contribution in [-0.4, -0.2) is 35.8 Å². The molecular formula is C17H26N2O. The van der Waals surface area contributed by atoms with Gasteiger partial charge < -0.3 is 4.90 Å². The Bertz CT molecular complexity index is 418. The molecule has 1 heterocycles. The Labute approximate surface area is 122 Å². The summed E-state index contributed by atoms with van der Waals surface area (Å²) in [7, 11) is 2.12. The van der Waals surface area contributed by atoms with E-state index in [0.717, 1.165) is 50.4 Å². The molecule has 0 bridgehead atoms. The minimum Gasteiger partial charge on any atom is -0.305 e. The highest BCUT2D eigenvalue weighted by molar-refractivity contribution is 5.81. The molecule has 0 aliphatic heterocycles. The van der Waals surface area contributed by atoms with Crippen molar-refractivity contribution in [1.29, 1.82) is 0 Å². The first kappa shape index (κ1) is 15.2. The largest absolute Gasteiger partial charge is 0.305 e. The van der Waals surface area contributed by atoms with Crippen molar-refractivity contribution in [2.45, 2.75) is 39.0 Å². The SMILES string of the molecule is CCC1CCC(=O)C(CN(C)CCc2ccccn2)C1. The smallest absolute Gasteiger partial charge is 0.137 e. The second kappa shape index (κ2) is 7.53. The minimum atomic E-state index is 0.252. The van der Waals surface area contributed by atoms with Gasteiger partial charge in [0.2, 0.25) is 0 Å². The molecule has 3 nitrogen and oxygen atoms in total. The van der Waals surface area contributed by atoms with Gasteiger partial charge in [-0.25, -0.2) is 0 Å². The summed E-state index contributed by atoms with van der Waals surface area (Å²) in [6.45, 7) is 4.11. The highest BCUT2D eigenvalue weighted by atomic mass is 16.1. The molecule has 0 N–H and O–H groups in total. The third-order valence-electron chi connectivity index (χ3n) is 4.46. The van der Waals surface area contributed by atoms with E-state index in [9.17, 15) is 4.79 Å². The molecule has 0 spiro atoms. The molecule has 1 aromatic heterocycles. The summed E-state index contributed by atoms with van der Waals surface area (Å²) in [5.41, 5.74) is 1.13. The van der Waals surface area contributed by atoms with Gasteiger partial charge >= 0.3 is 0 Å². The number of pyridine rings is 1. The number of ketones is 1. The lowest BCUT2D eigenvalue weighted by atomic mass is 9.79. The number of rotatable bonds is 6. The first-order chi connectivity index (χ1) is 9.69. The molecule has 2 atom stereocenters. The number of carbonyl (C=O) groups is 1. The van der Waals surface area contributed by atoms with E-state index in [4.69, 9.17) is 0 Å². The predicted molar refractivity (Wildman–Crippen MR) is 81.6 cm³/mol. The molecule has 0 saturated heterocycles. The lowest BCUT2D eigenvalue weighted by Gasteiger charge is -2.30. The van der Waals surface area contributed by atoms with Gasteiger partial charge in [0, 0.05) is 43.7 Å². The van der Waals surface area contributed by atoms with Crippen molar-refractivity contribution in [3.8, 4) is 0 Å². The van der Waals surface area contributed by atoms with Crippen LogP contribution in [0.3, 0.4) is 0 Å². The van der Waals surface area contributed by atoms with Crippen LogP contribution < -0.4 is 0 Å². The fourth-order valence-corrected chi connectivity index (χ4v) is 3.07. The molecule has 1 aliphatic carbocycles. The standard InChI is InChI=1S/C17H26N2O/c1-3-14-7-8-17(20)15(12-14)13-19(2)11-9-16-6-4-5-10-18-16/h4-6,10,14-15H,3,7-9,11-13H2,1-2H3. The van der Waals surface area contributed by atoms with Gasteiger partial charge in [-0.1, -0.05) is 19.4 Å². The number of hydrogen-bond acceptors (Lipinski definition) is 3. The van der Waals surface area contributed by atoms with Crippen molar-refractivity contribution in [3.05, 3.63) is 30.1 Å². The van der Waals surface area contributed by atoms with Gasteiger partial charge in [0.05, 0.1) is 0 Å². The molecule has 1 aliphatic rings. The van der Waals surface area contributed by atoms with Crippen LogP contribution in [0.5, 0.6) is 0 Å². The highest BCUT2D eigenvalue weighted by Crippen LogP contribution is 2.29. The third-order valence-corrected chi connectivity index (χ3v) is 4.46. The topological polar surface area (TPSA) is 33.2 Å². The fraction of sp³-hybridized carbons (Fsp3) is 0.647. The molecule has 2 unspecified atom stereocenters. The van der Waals surface area contributed by atoms with Gasteiger partial charge in [-0.2, -0.15) is 0 Å². The van der Waals surface area contributed by atoms with Crippen LogP contribution >= 0.6 is 0 Å². The Morgan fingerprint density at radius 2 is 2.25 bits per heavy atom. The number of Topliss-reactive ketones (excluding diaryl/α,β-unsaturated/α-hetero) is 1. The van der Waals surface area contributed by atoms with Crippen LogP contribution in [0.2, 0.25) is 0 Å². The van der Waals surface area contributed by atoms with E-state index in [1.165, 1.54) is 6.42 Å². The maximum absolute atomic E-state index is 12.0. The molecule has 0 radical (unpaired) electrons. The lowest BCUT2D eigenvalue weighted by Crippen LogP contribution is -2.35. The molecule has 110 valence electrons. The molecular weight excluding hydrogens is 248 g/mol. The van der Waals surface area contributed by atoms with Gasteiger partial charge in [0.1, 0.15) is 5.78 Å². The summed E-state index contributed by atoms with van der Waals surface area (Å²) in [6, 6.07) is 6.03. The lowest BCUT2D eigenvalue weighted by molar-refractivity contribution is -0.126. The van der Waals surface area contributed by atoms with E-state index < -0.39 is 0 Å². The van der Waals surface area contributed by atoms with Crippen LogP contribution in [0.4, 0.5) is 0 Å². The zero-order valence-electron chi connectivity index (χ0n) is 12.7. The van der Waals surface area contributed by atoms with Crippen LogP contribution in [0.25, 0.3) is 0 Å². The zero-order valence-corrected chi connectivity index (χ0v) is 12.7. The zero-order chi connectivity index (χ0) is 14.4. The van der Waals surface area contributed by atoms with Crippen molar-refractivity contribution >= 4 is 5.78 Å². The number of nitrogens with zero attached hydrogens (tertiary/aromatic N) is 2. The van der Waals surface area contributed by atoms with E-state index in [-0.39, 0.29) is 5.92 Å². The van der Waals surface area contributed by atoms with Crippen LogP contribution in [0, 0.1) is 11.8 Å². The molecule has 1 saturated carbocycles. The number of likely N-dealkylation sites (N-methyl/N-ethyl adjacent to an activating group) is 1. The summed E-state index contributed by atoms with van der Waals surface area (Å²) in [5.74, 6) is 1.48. The second-order valence-corrected chi connectivity index (χ2v) is 6.05. The quantitative estimate of drug-likeness (QED) is 0.799. The Morgan fingerprint density at radius 1 is 1.40 bits per heavy atom. The summed E-state index contributed by atoms with van der Waals surface area (Å²) < 4.78 is 0. The van der Waals surface area contributed by atoms with E-state index in [1.54, 1.807) is 0 Å². The Kier molecular flexibility index (Phi) is 5.72. The summed E-state index contributed by atoms with van der Waals surface area (Å²) in [4.78, 5) is 18.7. The third kappa shape index (κ3) is 4.41. The van der Waals surface area contributed by atoms with Crippen LogP contribution in [0.15, 0.2) is 24.4 Å². The van der Waals surface area contributed by atoms with E-state index in [0.29, 0.717) is 5.78 Å². The molecule has 0 amide bonds. The average Bonchev–Trinajstić information content (AvgIpc) is 2.48. The molecule has 20 heavy (non-hydrogen) atoms. The predicted octanol–water partition coefficient (Wildman–Crippen LogP) is 2.95. The first-order valence-corrected chi connectivity index (χ1v) is 7.80. The number of carbonyl (C=O) groups excluding carboxylic acids is 1. The molecule has 3 heteroatoms. The van der Waals surface area contributed by atoms with E-state index >= 15 is 0 Å². The molecule has 1 aromatic rings. The van der Waals surface area contributed by atoms with Gasteiger partial charge in [0.25, 0.3) is 0 Å². The van der Waals surface area contributed by atoms with Gasteiger partial charge in [-0.3, -0.25) is 9.78 Å². The Balaban J connectivity index is 1.78. The molecule has 2 rings (SSSR count). The van der Waals surface area contributed by atoms with Gasteiger partial charge in [0.15, 0.2) is 0 Å². The Hall–Kier alpha value is -1.22. The van der Waals surface area contributed by atoms with Crippen molar-refractivity contribution in [2.24, 2.45) is 11.8 Å². The van der Waals surface area contributed by atoms with Crippen molar-refractivity contribution < 1.29 is 4.79 Å². The van der Waals surface area contributed by atoms with Crippen molar-refractivity contribution in [1.82, 2.24) is 9.88 Å². The molecule has 1 fully saturated rings.